The first-order valence-electron chi connectivity index (χ1n) is 6.48. The van der Waals surface area contributed by atoms with Gasteiger partial charge >= 0.3 is 0 Å². The average molecular weight is 328 g/mol. The Balaban J connectivity index is 1.61. The van der Waals surface area contributed by atoms with E-state index >= 15 is 0 Å². The van der Waals surface area contributed by atoms with Gasteiger partial charge in [0, 0.05) is 28.9 Å². The van der Waals surface area contributed by atoms with Crippen LogP contribution in [-0.2, 0) is 23.1 Å². The highest BCUT2D eigenvalue weighted by Crippen LogP contribution is 2.24. The summed E-state index contributed by atoms with van der Waals surface area (Å²) in [6, 6.07) is 8.05. The van der Waals surface area contributed by atoms with Crippen molar-refractivity contribution in [3.05, 3.63) is 39.4 Å². The minimum Gasteiger partial charge on any atom is -0.309 e. The van der Waals surface area contributed by atoms with E-state index in [-0.39, 0.29) is 0 Å². The molecule has 1 aliphatic rings. The minimum absolute atomic E-state index is 0.355. The van der Waals surface area contributed by atoms with Gasteiger partial charge in [0.1, 0.15) is 4.21 Å². The fourth-order valence-electron chi connectivity index (χ4n) is 1.78. The highest BCUT2D eigenvalue weighted by Gasteiger charge is 2.21. The van der Waals surface area contributed by atoms with Gasteiger partial charge in [0.2, 0.25) is 10.0 Å². The van der Waals surface area contributed by atoms with Gasteiger partial charge in [-0.25, -0.2) is 13.1 Å². The van der Waals surface area contributed by atoms with E-state index in [1.165, 1.54) is 24.2 Å². The maximum Gasteiger partial charge on any atom is 0.250 e. The molecule has 0 amide bonds. The van der Waals surface area contributed by atoms with Crippen molar-refractivity contribution in [1.82, 2.24) is 10.0 Å². The quantitative estimate of drug-likeness (QED) is 0.821. The van der Waals surface area contributed by atoms with E-state index in [2.05, 4.69) is 10.0 Å². The molecule has 1 saturated carbocycles. The second-order valence-corrected chi connectivity index (χ2v) is 8.97. The molecule has 1 aliphatic carbocycles. The lowest BCUT2D eigenvalue weighted by atomic mass is 10.4. The Kier molecular flexibility index (Phi) is 4.23. The number of thiophene rings is 2. The van der Waals surface area contributed by atoms with E-state index < -0.39 is 10.0 Å². The van der Waals surface area contributed by atoms with Crippen molar-refractivity contribution in [2.75, 3.05) is 0 Å². The Morgan fingerprint density at radius 2 is 2.00 bits per heavy atom. The van der Waals surface area contributed by atoms with Crippen LogP contribution in [0.3, 0.4) is 0 Å². The molecule has 0 bridgehead atoms. The fraction of sp³-hybridized carbons (Fsp3) is 0.385. The molecule has 1 fully saturated rings. The van der Waals surface area contributed by atoms with Gasteiger partial charge in [-0.15, -0.1) is 22.7 Å². The van der Waals surface area contributed by atoms with Gasteiger partial charge in [0.15, 0.2) is 0 Å². The maximum atomic E-state index is 12.2. The molecular formula is C13H16N2O2S3. The third kappa shape index (κ3) is 3.67. The zero-order valence-electron chi connectivity index (χ0n) is 10.8. The first-order chi connectivity index (χ1) is 9.63. The van der Waals surface area contributed by atoms with E-state index in [1.807, 2.05) is 23.6 Å². The summed E-state index contributed by atoms with van der Waals surface area (Å²) in [5, 5.41) is 5.33. The summed E-state index contributed by atoms with van der Waals surface area (Å²) in [5.41, 5.74) is 0. The zero-order valence-corrected chi connectivity index (χ0v) is 13.3. The third-order valence-electron chi connectivity index (χ3n) is 3.06. The van der Waals surface area contributed by atoms with E-state index in [1.54, 1.807) is 17.4 Å². The maximum absolute atomic E-state index is 12.2. The van der Waals surface area contributed by atoms with Crippen LogP contribution in [0.2, 0.25) is 0 Å². The summed E-state index contributed by atoms with van der Waals surface area (Å²) in [6.07, 6.45) is 2.47. The number of hydrogen-bond donors (Lipinski definition) is 2. The predicted molar refractivity (Wildman–Crippen MR) is 82.5 cm³/mol. The van der Waals surface area contributed by atoms with Gasteiger partial charge in [-0.2, -0.15) is 0 Å². The SMILES string of the molecule is O=S(=O)(NCc1cccs1)c1ccc(CNC2CC2)s1. The van der Waals surface area contributed by atoms with Crippen LogP contribution in [0.4, 0.5) is 0 Å². The molecule has 2 N–H and O–H groups in total. The smallest absolute Gasteiger partial charge is 0.250 e. The number of rotatable bonds is 7. The van der Waals surface area contributed by atoms with Gasteiger partial charge in [0.25, 0.3) is 0 Å². The number of nitrogens with one attached hydrogen (secondary N) is 2. The van der Waals surface area contributed by atoms with Crippen molar-refractivity contribution >= 4 is 32.7 Å². The van der Waals surface area contributed by atoms with Crippen molar-refractivity contribution in [3.63, 3.8) is 0 Å². The molecule has 2 aromatic heterocycles. The van der Waals surface area contributed by atoms with E-state index in [0.717, 1.165) is 16.3 Å². The molecule has 2 heterocycles. The van der Waals surface area contributed by atoms with Crippen molar-refractivity contribution < 1.29 is 8.42 Å². The molecule has 0 aromatic carbocycles. The molecule has 4 nitrogen and oxygen atoms in total. The Hall–Kier alpha value is -0.730. The van der Waals surface area contributed by atoms with Gasteiger partial charge in [-0.1, -0.05) is 6.07 Å². The first kappa shape index (κ1) is 14.2. The highest BCUT2D eigenvalue weighted by molar-refractivity contribution is 7.91. The standard InChI is InChI=1S/C13H16N2O2S3/c16-20(17,15-9-11-2-1-7-18-11)13-6-5-12(19-13)8-14-10-3-4-10/h1-2,5-7,10,14-15H,3-4,8-9H2. The zero-order chi connectivity index (χ0) is 14.0. The molecular weight excluding hydrogens is 312 g/mol. The molecule has 0 saturated heterocycles. The number of hydrogen-bond acceptors (Lipinski definition) is 5. The molecule has 0 unspecified atom stereocenters. The van der Waals surface area contributed by atoms with E-state index in [4.69, 9.17) is 0 Å². The minimum atomic E-state index is -3.39. The van der Waals surface area contributed by atoms with Gasteiger partial charge < -0.3 is 5.32 Å². The second-order valence-electron chi connectivity index (χ2n) is 4.78. The summed E-state index contributed by atoms with van der Waals surface area (Å²) < 4.78 is 27.4. The Bertz CT molecular complexity index is 658. The Morgan fingerprint density at radius 3 is 2.70 bits per heavy atom. The van der Waals surface area contributed by atoms with Gasteiger partial charge in [-0.3, -0.25) is 0 Å². The van der Waals surface area contributed by atoms with Gasteiger partial charge in [0.05, 0.1) is 0 Å². The van der Waals surface area contributed by atoms with E-state index in [0.29, 0.717) is 16.8 Å². The van der Waals surface area contributed by atoms with Gasteiger partial charge in [-0.05, 0) is 36.4 Å². The molecule has 0 radical (unpaired) electrons. The summed E-state index contributed by atoms with van der Waals surface area (Å²) >= 11 is 2.89. The van der Waals surface area contributed by atoms with Crippen molar-refractivity contribution in [3.8, 4) is 0 Å². The topological polar surface area (TPSA) is 58.2 Å². The van der Waals surface area contributed by atoms with Crippen LogP contribution in [0.1, 0.15) is 22.6 Å². The molecule has 20 heavy (non-hydrogen) atoms. The normalized spacial score (nSPS) is 15.6. The monoisotopic (exact) mass is 328 g/mol. The summed E-state index contributed by atoms with van der Waals surface area (Å²) in [6.45, 7) is 1.11. The van der Waals surface area contributed by atoms with Crippen molar-refractivity contribution in [1.29, 1.82) is 0 Å². The predicted octanol–water partition coefficient (Wildman–Crippen LogP) is 2.54. The van der Waals surface area contributed by atoms with Crippen LogP contribution < -0.4 is 10.0 Å². The van der Waals surface area contributed by atoms with Crippen LogP contribution in [0.5, 0.6) is 0 Å². The summed E-state index contributed by atoms with van der Waals surface area (Å²) in [7, 11) is -3.39. The largest absolute Gasteiger partial charge is 0.309 e. The van der Waals surface area contributed by atoms with E-state index in [9.17, 15) is 8.42 Å². The summed E-state index contributed by atoms with van der Waals surface area (Å²) in [5.74, 6) is 0. The van der Waals surface area contributed by atoms with Crippen molar-refractivity contribution in [2.45, 2.75) is 36.2 Å². The van der Waals surface area contributed by atoms with Crippen LogP contribution in [0.15, 0.2) is 33.9 Å². The lowest BCUT2D eigenvalue weighted by Gasteiger charge is -2.03. The van der Waals surface area contributed by atoms with Crippen molar-refractivity contribution in [2.24, 2.45) is 0 Å². The highest BCUT2D eigenvalue weighted by atomic mass is 32.2. The molecule has 7 heteroatoms. The lowest BCUT2D eigenvalue weighted by molar-refractivity contribution is 0.584. The van der Waals surface area contributed by atoms with Crippen LogP contribution in [-0.4, -0.2) is 14.5 Å². The van der Waals surface area contributed by atoms with Crippen LogP contribution in [0, 0.1) is 0 Å². The molecule has 2 aromatic rings. The molecule has 3 rings (SSSR count). The Morgan fingerprint density at radius 1 is 1.15 bits per heavy atom. The molecule has 0 aliphatic heterocycles. The fourth-order valence-corrected chi connectivity index (χ4v) is 4.87. The average Bonchev–Trinajstić information content (AvgIpc) is 2.94. The Labute approximate surface area is 126 Å². The molecule has 0 atom stereocenters. The lowest BCUT2D eigenvalue weighted by Crippen LogP contribution is -2.21. The molecule has 0 spiro atoms. The number of sulfonamides is 1. The first-order valence-corrected chi connectivity index (χ1v) is 9.65. The summed E-state index contributed by atoms with van der Waals surface area (Å²) in [4.78, 5) is 2.08. The molecule has 108 valence electrons. The second kappa shape index (κ2) is 5.95. The van der Waals surface area contributed by atoms with Crippen LogP contribution in [0.25, 0.3) is 0 Å². The van der Waals surface area contributed by atoms with Crippen LogP contribution >= 0.6 is 22.7 Å². The third-order valence-corrected chi connectivity index (χ3v) is 6.92.